The third kappa shape index (κ3) is 5.70. The minimum atomic E-state index is -1.14. The van der Waals surface area contributed by atoms with E-state index in [1.54, 1.807) is 6.08 Å². The van der Waals surface area contributed by atoms with Crippen molar-refractivity contribution in [1.29, 1.82) is 0 Å². The summed E-state index contributed by atoms with van der Waals surface area (Å²) in [6.07, 6.45) is 11.5. The van der Waals surface area contributed by atoms with Gasteiger partial charge in [0.05, 0.1) is 28.2 Å². The number of nitrogens with one attached hydrogen (secondary N) is 2. The maximum atomic E-state index is 12.1. The number of allylic oxidation sites excluding steroid dienone is 3. The number of carbonyl (C=O) groups is 3. The Morgan fingerprint density at radius 3 is 2.27 bits per heavy atom. The summed E-state index contributed by atoms with van der Waals surface area (Å²) in [5.41, 5.74) is 2.54. The summed E-state index contributed by atoms with van der Waals surface area (Å²) in [7, 11) is 0. The topological polar surface area (TPSA) is 164 Å². The third-order valence-electron chi connectivity index (χ3n) is 9.94. The molecule has 1 aromatic heterocycles. The first-order chi connectivity index (χ1) is 21.2. The van der Waals surface area contributed by atoms with Crippen molar-refractivity contribution in [3.63, 3.8) is 0 Å². The van der Waals surface area contributed by atoms with Crippen LogP contribution in [0.5, 0.6) is 0 Å². The Morgan fingerprint density at radius 1 is 0.978 bits per heavy atom. The van der Waals surface area contributed by atoms with Gasteiger partial charge in [-0.25, -0.2) is 4.99 Å². The van der Waals surface area contributed by atoms with Crippen LogP contribution in [0.1, 0.15) is 66.2 Å². The first-order valence-corrected chi connectivity index (χ1v) is 15.2. The van der Waals surface area contributed by atoms with Crippen LogP contribution >= 0.6 is 0 Å². The number of fused-ring (bicyclic) bond motifs is 6. The molecule has 0 aromatic carbocycles. The lowest BCUT2D eigenvalue weighted by atomic mass is 9.63. The summed E-state index contributed by atoms with van der Waals surface area (Å²) in [6.45, 7) is 12.0. The van der Waals surface area contributed by atoms with Crippen LogP contribution < -0.4 is 16.0 Å². The maximum Gasteiger partial charge on any atom is 0.303 e. The second kappa shape index (κ2) is 11.7. The van der Waals surface area contributed by atoms with Crippen LogP contribution in [0.25, 0.3) is 12.2 Å². The van der Waals surface area contributed by atoms with Gasteiger partial charge in [-0.15, -0.1) is 0 Å². The van der Waals surface area contributed by atoms with Crippen LogP contribution in [0.2, 0.25) is 0 Å². The van der Waals surface area contributed by atoms with Gasteiger partial charge in [0.25, 0.3) is 0 Å². The molecule has 0 radical (unpaired) electrons. The minimum Gasteiger partial charge on any atom is -0.481 e. The van der Waals surface area contributed by atoms with Crippen molar-refractivity contribution >= 4 is 41.5 Å². The van der Waals surface area contributed by atoms with E-state index in [1.807, 2.05) is 70.2 Å². The number of aliphatic carboxylic acids is 3. The van der Waals surface area contributed by atoms with Crippen molar-refractivity contribution in [2.45, 2.75) is 82.8 Å². The van der Waals surface area contributed by atoms with E-state index in [2.05, 4.69) is 16.9 Å². The van der Waals surface area contributed by atoms with Gasteiger partial charge in [0.2, 0.25) is 0 Å². The molecule has 5 rings (SSSR count). The summed E-state index contributed by atoms with van der Waals surface area (Å²) in [5.74, 6) is -3.42. The zero-order chi connectivity index (χ0) is 32.7. The van der Waals surface area contributed by atoms with E-state index in [9.17, 15) is 29.7 Å². The number of H-pyrrole nitrogens is 1. The number of rotatable bonds is 10. The third-order valence-corrected chi connectivity index (χ3v) is 9.94. The minimum absolute atomic E-state index is 0.109. The Balaban J connectivity index is 1.86. The van der Waals surface area contributed by atoms with Gasteiger partial charge >= 0.3 is 17.9 Å². The zero-order valence-corrected chi connectivity index (χ0v) is 26.1. The molecule has 5 heterocycles. The molecule has 0 saturated heterocycles. The second-order valence-electron chi connectivity index (χ2n) is 12.6. The van der Waals surface area contributed by atoms with Gasteiger partial charge < -0.3 is 20.3 Å². The standard InChI is InChI=1S/C35H40N4O6/c1-6-27-21(3)34(15-13-31(42)43)22(4)35(16-14-32(44)45)28(11-12-30(40)41)20(2)29(38-35)18-25-8-7-23(36-25)17-24-9-10-26(37-24)19-33(27,5)39-34/h6-10,17-19,22,36,39H,1,11-16H2,2-5H3,(H,40,41)(H,42,43)(H,44,45)/b23-17-,25-18-,26-19-. The van der Waals surface area contributed by atoms with Crippen LogP contribution in [-0.4, -0.2) is 66.3 Å². The van der Waals surface area contributed by atoms with Crippen molar-refractivity contribution in [1.82, 2.24) is 10.3 Å². The van der Waals surface area contributed by atoms with Crippen LogP contribution in [0.4, 0.5) is 0 Å². The molecule has 0 fully saturated rings. The SMILES string of the molecule is C=CC1=C(C)C2(CCC(=O)O)NC1(C)/C=C1/C=CC(=N1)/C=c1/cc/c([nH]1)=C/C1=NC(CCC(=O)O)(C(CCC(=O)O)=C1C)C2C. The van der Waals surface area contributed by atoms with E-state index >= 15 is 0 Å². The number of hydrogen-bond acceptors (Lipinski definition) is 6. The predicted octanol–water partition coefficient (Wildman–Crippen LogP) is 3.83. The van der Waals surface area contributed by atoms with E-state index in [0.717, 1.165) is 44.4 Å². The first-order valence-electron chi connectivity index (χ1n) is 15.2. The summed E-state index contributed by atoms with van der Waals surface area (Å²) in [4.78, 5) is 49.6. The van der Waals surface area contributed by atoms with Crippen LogP contribution in [0.15, 0.2) is 81.0 Å². The molecule has 4 aliphatic rings. The van der Waals surface area contributed by atoms with Crippen LogP contribution in [0.3, 0.4) is 0 Å². The van der Waals surface area contributed by atoms with Gasteiger partial charge in [0.1, 0.15) is 0 Å². The molecule has 4 unspecified atom stereocenters. The molecular weight excluding hydrogens is 572 g/mol. The highest BCUT2D eigenvalue weighted by molar-refractivity contribution is 6.22. The van der Waals surface area contributed by atoms with Gasteiger partial charge in [-0.2, -0.15) is 0 Å². The fourth-order valence-corrected chi connectivity index (χ4v) is 7.80. The average molecular weight is 613 g/mol. The quantitative estimate of drug-likeness (QED) is 0.268. The van der Waals surface area contributed by atoms with Crippen LogP contribution in [-0.2, 0) is 14.4 Å². The largest absolute Gasteiger partial charge is 0.481 e. The number of nitrogens with zero attached hydrogens (tertiary/aromatic N) is 2. The van der Waals surface area contributed by atoms with Crippen molar-refractivity contribution in [3.8, 4) is 0 Å². The van der Waals surface area contributed by atoms with E-state index in [1.165, 1.54) is 0 Å². The van der Waals surface area contributed by atoms with Gasteiger partial charge in [-0.1, -0.05) is 19.6 Å². The smallest absolute Gasteiger partial charge is 0.303 e. The van der Waals surface area contributed by atoms with Crippen molar-refractivity contribution in [2.75, 3.05) is 0 Å². The zero-order valence-electron chi connectivity index (χ0n) is 26.1. The number of carboxylic acids is 3. The molecule has 1 aromatic rings. The number of hydrogen-bond donors (Lipinski definition) is 5. The van der Waals surface area contributed by atoms with Gasteiger partial charge in [-0.3, -0.25) is 24.7 Å². The number of aromatic nitrogens is 1. The molecule has 0 saturated carbocycles. The number of carboxylic acid groups (broad SMARTS) is 3. The highest BCUT2D eigenvalue weighted by Gasteiger charge is 2.58. The summed E-state index contributed by atoms with van der Waals surface area (Å²) in [6, 6.07) is 3.87. The van der Waals surface area contributed by atoms with E-state index in [4.69, 9.17) is 9.98 Å². The van der Waals surface area contributed by atoms with E-state index in [0.29, 0.717) is 5.71 Å². The molecule has 10 heteroatoms. The summed E-state index contributed by atoms with van der Waals surface area (Å²) < 4.78 is 0. The lowest BCUT2D eigenvalue weighted by molar-refractivity contribution is -0.138. The summed E-state index contributed by atoms with van der Waals surface area (Å²) >= 11 is 0. The van der Waals surface area contributed by atoms with Gasteiger partial charge in [0.15, 0.2) is 0 Å². The molecule has 5 N–H and O–H groups in total. The predicted molar refractivity (Wildman–Crippen MR) is 173 cm³/mol. The van der Waals surface area contributed by atoms with Crippen molar-refractivity contribution in [3.05, 3.63) is 81.7 Å². The highest BCUT2D eigenvalue weighted by atomic mass is 16.4. The van der Waals surface area contributed by atoms with Crippen LogP contribution in [0, 0.1) is 5.92 Å². The number of aliphatic imine (C=N–C) groups is 2. The van der Waals surface area contributed by atoms with Crippen molar-refractivity contribution < 1.29 is 29.7 Å². The van der Waals surface area contributed by atoms with Gasteiger partial charge in [-0.05, 0) is 105 Å². The monoisotopic (exact) mass is 612 g/mol. The maximum absolute atomic E-state index is 12.1. The average Bonchev–Trinajstić information content (AvgIpc) is 3.70. The first kappa shape index (κ1) is 31.8. The Labute approximate surface area is 261 Å². The van der Waals surface area contributed by atoms with E-state index in [-0.39, 0.29) is 38.5 Å². The second-order valence-corrected chi connectivity index (χ2v) is 12.6. The molecule has 0 spiro atoms. The Bertz CT molecular complexity index is 1800. The molecule has 45 heavy (non-hydrogen) atoms. The molecule has 0 aliphatic carbocycles. The molecule has 0 amide bonds. The molecule has 10 nitrogen and oxygen atoms in total. The highest BCUT2D eigenvalue weighted by Crippen LogP contribution is 2.54. The fraction of sp³-hybridized carbons (Fsp3) is 0.400. The fourth-order valence-electron chi connectivity index (χ4n) is 7.80. The Hall–Kier alpha value is -4.57. The van der Waals surface area contributed by atoms with Crippen molar-refractivity contribution in [2.24, 2.45) is 15.9 Å². The van der Waals surface area contributed by atoms with E-state index < -0.39 is 40.4 Å². The molecular formula is C35H40N4O6. The molecule has 8 bridgehead atoms. The number of aromatic amines is 1. The normalized spacial score (nSPS) is 31.4. The molecule has 4 aliphatic heterocycles. The Kier molecular flexibility index (Phi) is 8.31. The molecule has 4 atom stereocenters. The van der Waals surface area contributed by atoms with Gasteiger partial charge in [0, 0.05) is 41.4 Å². The lowest BCUT2D eigenvalue weighted by Crippen LogP contribution is -2.60. The summed E-state index contributed by atoms with van der Waals surface area (Å²) in [5, 5.41) is 35.0. The Morgan fingerprint density at radius 2 is 1.62 bits per heavy atom. The lowest BCUT2D eigenvalue weighted by Gasteiger charge is -2.48. The molecule has 236 valence electrons.